The number of aromatic amines is 1. The zero-order valence-corrected chi connectivity index (χ0v) is 14.2. The van der Waals surface area contributed by atoms with Gasteiger partial charge >= 0.3 is 0 Å². The topological polar surface area (TPSA) is 37.8 Å². The minimum atomic E-state index is 0.0302. The Hall–Kier alpha value is -0.810. The second-order valence-electron chi connectivity index (χ2n) is 5.30. The number of halogens is 2. The lowest BCUT2D eigenvalue weighted by Gasteiger charge is -2.08. The molecule has 1 N–H and O–H groups in total. The predicted octanol–water partition coefficient (Wildman–Crippen LogP) is 4.41. The van der Waals surface area contributed by atoms with Crippen LogP contribution >= 0.6 is 31.9 Å². The predicted molar refractivity (Wildman–Crippen MR) is 87.2 cm³/mol. The summed E-state index contributed by atoms with van der Waals surface area (Å²) in [4.78, 5) is 12.3. The maximum absolute atomic E-state index is 12.3. The molecule has 0 saturated heterocycles. The third-order valence-electron chi connectivity index (χ3n) is 3.97. The maximum Gasteiger partial charge on any atom is 0.281 e. The molecule has 3 rings (SSSR count). The lowest BCUT2D eigenvalue weighted by Crippen LogP contribution is -2.17. The highest BCUT2D eigenvalue weighted by Crippen LogP contribution is 2.35. The van der Waals surface area contributed by atoms with Crippen molar-refractivity contribution < 1.29 is 0 Å². The van der Waals surface area contributed by atoms with E-state index < -0.39 is 0 Å². The Morgan fingerprint density at radius 2 is 1.90 bits per heavy atom. The fraction of sp³-hybridized carbons (Fsp3) is 0.400. The molecule has 106 valence electrons. The van der Waals surface area contributed by atoms with E-state index in [9.17, 15) is 4.79 Å². The van der Waals surface area contributed by atoms with Gasteiger partial charge in [-0.3, -0.25) is 9.89 Å². The molecule has 1 aliphatic carbocycles. The molecule has 1 aliphatic rings. The van der Waals surface area contributed by atoms with E-state index in [0.717, 1.165) is 15.7 Å². The molecule has 2 aromatic rings. The minimum Gasteiger partial charge on any atom is -0.298 e. The van der Waals surface area contributed by atoms with Crippen LogP contribution in [-0.4, -0.2) is 9.78 Å². The quantitative estimate of drug-likeness (QED) is 0.815. The number of nitrogens with one attached hydrogen (secondary N) is 1. The summed E-state index contributed by atoms with van der Waals surface area (Å²) in [5, 5.41) is 3.30. The standard InChI is InChI=1S/C15H16Br2N2O/c16-12-8-4-3-7-11(12)9-19-15(20)13(17)14(18-19)10-5-1-2-6-10/h3-4,7-8,10,18H,1-2,5-6,9H2. The van der Waals surface area contributed by atoms with Crippen molar-refractivity contribution in [3.63, 3.8) is 0 Å². The molecule has 0 spiro atoms. The van der Waals surface area contributed by atoms with Gasteiger partial charge in [0.15, 0.2) is 0 Å². The lowest BCUT2D eigenvalue weighted by atomic mass is 10.1. The van der Waals surface area contributed by atoms with Crippen LogP contribution in [0.1, 0.15) is 42.9 Å². The molecule has 1 heterocycles. The van der Waals surface area contributed by atoms with Gasteiger partial charge in [0.25, 0.3) is 5.56 Å². The normalized spacial score (nSPS) is 15.9. The number of nitrogens with zero attached hydrogens (tertiary/aromatic N) is 1. The van der Waals surface area contributed by atoms with Gasteiger partial charge in [-0.25, -0.2) is 4.68 Å². The maximum atomic E-state index is 12.3. The molecule has 0 atom stereocenters. The van der Waals surface area contributed by atoms with Crippen LogP contribution in [0.15, 0.2) is 38.0 Å². The molecular formula is C15H16Br2N2O. The molecule has 1 aromatic carbocycles. The summed E-state index contributed by atoms with van der Waals surface area (Å²) in [7, 11) is 0. The van der Waals surface area contributed by atoms with E-state index in [0.29, 0.717) is 16.9 Å². The first-order valence-electron chi connectivity index (χ1n) is 6.88. The van der Waals surface area contributed by atoms with Gasteiger partial charge in [0.05, 0.1) is 12.2 Å². The summed E-state index contributed by atoms with van der Waals surface area (Å²) in [5.74, 6) is 0.498. The second-order valence-corrected chi connectivity index (χ2v) is 6.95. The first-order valence-corrected chi connectivity index (χ1v) is 8.47. The Kier molecular flexibility index (Phi) is 4.17. The van der Waals surface area contributed by atoms with Gasteiger partial charge in [0.2, 0.25) is 0 Å². The van der Waals surface area contributed by atoms with Gasteiger partial charge in [-0.1, -0.05) is 47.0 Å². The SMILES string of the molecule is O=c1c(Br)c(C2CCCC2)[nH]n1Cc1ccccc1Br. The molecule has 1 aromatic heterocycles. The van der Waals surface area contributed by atoms with Crippen LogP contribution < -0.4 is 5.56 Å². The van der Waals surface area contributed by atoms with Crippen molar-refractivity contribution in [3.05, 3.63) is 54.8 Å². The first kappa shape index (κ1) is 14.1. The van der Waals surface area contributed by atoms with E-state index in [2.05, 4.69) is 37.0 Å². The van der Waals surface area contributed by atoms with Crippen LogP contribution in [0.3, 0.4) is 0 Å². The summed E-state index contributed by atoms with van der Waals surface area (Å²) in [6.07, 6.45) is 4.87. The summed E-state index contributed by atoms with van der Waals surface area (Å²) in [6, 6.07) is 7.99. The lowest BCUT2D eigenvalue weighted by molar-refractivity contribution is 0.617. The molecule has 0 radical (unpaired) electrons. The summed E-state index contributed by atoms with van der Waals surface area (Å²) >= 11 is 7.00. The molecule has 0 aliphatic heterocycles. The molecule has 0 bridgehead atoms. The number of hydrogen-bond acceptors (Lipinski definition) is 1. The van der Waals surface area contributed by atoms with E-state index in [1.807, 2.05) is 24.3 Å². The van der Waals surface area contributed by atoms with Crippen molar-refractivity contribution in [2.75, 3.05) is 0 Å². The van der Waals surface area contributed by atoms with E-state index in [4.69, 9.17) is 0 Å². The average molecular weight is 400 g/mol. The number of H-pyrrole nitrogens is 1. The molecule has 1 saturated carbocycles. The highest BCUT2D eigenvalue weighted by Gasteiger charge is 2.23. The van der Waals surface area contributed by atoms with Gasteiger partial charge in [-0.15, -0.1) is 0 Å². The Labute approximate surface area is 134 Å². The number of benzene rings is 1. The van der Waals surface area contributed by atoms with E-state index in [-0.39, 0.29) is 5.56 Å². The summed E-state index contributed by atoms with van der Waals surface area (Å²) < 4.78 is 3.43. The van der Waals surface area contributed by atoms with Crippen LogP contribution in [0.4, 0.5) is 0 Å². The molecule has 5 heteroatoms. The van der Waals surface area contributed by atoms with Crippen molar-refractivity contribution in [2.24, 2.45) is 0 Å². The fourth-order valence-corrected chi connectivity index (χ4v) is 3.91. The van der Waals surface area contributed by atoms with Crippen molar-refractivity contribution in [1.82, 2.24) is 9.78 Å². The summed E-state index contributed by atoms with van der Waals surface area (Å²) in [5.41, 5.74) is 2.20. The van der Waals surface area contributed by atoms with Crippen molar-refractivity contribution >= 4 is 31.9 Å². The smallest absolute Gasteiger partial charge is 0.281 e. The van der Waals surface area contributed by atoms with Crippen molar-refractivity contribution in [1.29, 1.82) is 0 Å². The fourth-order valence-electron chi connectivity index (χ4n) is 2.87. The summed E-state index contributed by atoms with van der Waals surface area (Å²) in [6.45, 7) is 0.561. The van der Waals surface area contributed by atoms with Gasteiger partial charge in [-0.2, -0.15) is 0 Å². The number of hydrogen-bond donors (Lipinski definition) is 1. The average Bonchev–Trinajstić information content (AvgIpc) is 3.05. The van der Waals surface area contributed by atoms with Crippen LogP contribution in [-0.2, 0) is 6.54 Å². The molecule has 1 fully saturated rings. The van der Waals surface area contributed by atoms with Crippen molar-refractivity contribution in [3.8, 4) is 0 Å². The Bertz CT molecular complexity index is 669. The monoisotopic (exact) mass is 398 g/mol. The van der Waals surface area contributed by atoms with E-state index in [1.165, 1.54) is 25.7 Å². The zero-order valence-electron chi connectivity index (χ0n) is 11.0. The Morgan fingerprint density at radius 3 is 2.60 bits per heavy atom. The minimum absolute atomic E-state index is 0.0302. The Balaban J connectivity index is 1.93. The second kappa shape index (κ2) is 5.90. The van der Waals surface area contributed by atoms with E-state index >= 15 is 0 Å². The van der Waals surface area contributed by atoms with E-state index in [1.54, 1.807) is 4.68 Å². The molecular weight excluding hydrogens is 384 g/mol. The van der Waals surface area contributed by atoms with Crippen molar-refractivity contribution in [2.45, 2.75) is 38.1 Å². The molecule has 0 unspecified atom stereocenters. The molecule has 3 nitrogen and oxygen atoms in total. The molecule has 20 heavy (non-hydrogen) atoms. The zero-order chi connectivity index (χ0) is 14.1. The van der Waals surface area contributed by atoms with Crippen LogP contribution in [0.2, 0.25) is 0 Å². The number of aromatic nitrogens is 2. The third-order valence-corrected chi connectivity index (χ3v) is 5.51. The highest BCUT2D eigenvalue weighted by atomic mass is 79.9. The highest BCUT2D eigenvalue weighted by molar-refractivity contribution is 9.10. The van der Waals surface area contributed by atoms with Gasteiger partial charge in [0, 0.05) is 10.4 Å². The van der Waals surface area contributed by atoms with Crippen LogP contribution in [0.25, 0.3) is 0 Å². The molecule has 0 amide bonds. The van der Waals surface area contributed by atoms with Gasteiger partial charge < -0.3 is 0 Å². The van der Waals surface area contributed by atoms with Crippen LogP contribution in [0, 0.1) is 0 Å². The van der Waals surface area contributed by atoms with Gasteiger partial charge in [-0.05, 0) is 40.4 Å². The number of rotatable bonds is 3. The first-order chi connectivity index (χ1) is 9.66. The largest absolute Gasteiger partial charge is 0.298 e. The van der Waals surface area contributed by atoms with Crippen LogP contribution in [0.5, 0.6) is 0 Å². The third kappa shape index (κ3) is 2.66. The van der Waals surface area contributed by atoms with Gasteiger partial charge in [0.1, 0.15) is 4.47 Å². The Morgan fingerprint density at radius 1 is 1.20 bits per heavy atom.